The number of ether oxygens (including phenoxy) is 1. The third-order valence-corrected chi connectivity index (χ3v) is 3.77. The van der Waals surface area contributed by atoms with Gasteiger partial charge in [-0.2, -0.15) is 5.10 Å². The molecule has 1 aromatic heterocycles. The third-order valence-electron chi connectivity index (χ3n) is 3.77. The minimum Gasteiger partial charge on any atom is -0.383 e. The van der Waals surface area contributed by atoms with Crippen LogP contribution in [0, 0.1) is 0 Å². The largest absolute Gasteiger partial charge is 0.383 e. The maximum Gasteiger partial charge on any atom is 0.0756 e. The lowest BCUT2D eigenvalue weighted by Crippen LogP contribution is -2.61. The Morgan fingerprint density at radius 1 is 1.53 bits per heavy atom. The number of hydrogen-bond donors (Lipinski definition) is 1. The number of nitrogens with zero attached hydrogens (tertiary/aromatic N) is 3. The zero-order chi connectivity index (χ0) is 13.9. The van der Waals surface area contributed by atoms with E-state index < -0.39 is 0 Å². The molecule has 5 nitrogen and oxygen atoms in total. The van der Waals surface area contributed by atoms with E-state index in [-0.39, 0.29) is 5.54 Å². The first-order valence-corrected chi connectivity index (χ1v) is 7.09. The molecular weight excluding hydrogens is 240 g/mol. The number of hydrogen-bond acceptors (Lipinski definition) is 4. The Kier molecular flexibility index (Phi) is 4.47. The zero-order valence-corrected chi connectivity index (χ0v) is 12.5. The summed E-state index contributed by atoms with van der Waals surface area (Å²) in [5.41, 5.74) is 1.37. The standard InChI is InChI=1S/C14H26N4O/c1-5-12-8-15-14(2,3)11-18(12)13-9-16-17(10-13)6-7-19-4/h9-10,12,15H,5-8,11H2,1-4H3. The molecule has 108 valence electrons. The summed E-state index contributed by atoms with van der Waals surface area (Å²) < 4.78 is 7.05. The molecule has 5 heteroatoms. The molecule has 1 saturated heterocycles. The quantitative estimate of drug-likeness (QED) is 0.877. The Morgan fingerprint density at radius 3 is 3.00 bits per heavy atom. The van der Waals surface area contributed by atoms with E-state index >= 15 is 0 Å². The fourth-order valence-electron chi connectivity index (χ4n) is 2.59. The zero-order valence-electron chi connectivity index (χ0n) is 12.5. The van der Waals surface area contributed by atoms with Crippen LogP contribution in [0.15, 0.2) is 12.4 Å². The molecule has 0 spiro atoms. The lowest BCUT2D eigenvalue weighted by molar-refractivity contribution is 0.183. The predicted octanol–water partition coefficient (Wildman–Crippen LogP) is 1.50. The normalized spacial score (nSPS) is 22.7. The monoisotopic (exact) mass is 266 g/mol. The predicted molar refractivity (Wildman–Crippen MR) is 77.6 cm³/mol. The van der Waals surface area contributed by atoms with E-state index in [4.69, 9.17) is 4.74 Å². The van der Waals surface area contributed by atoms with Gasteiger partial charge in [0.2, 0.25) is 0 Å². The average Bonchev–Trinajstić information content (AvgIpc) is 2.84. The van der Waals surface area contributed by atoms with Gasteiger partial charge in [-0.3, -0.25) is 4.68 Å². The van der Waals surface area contributed by atoms with E-state index in [2.05, 4.69) is 42.3 Å². The average molecular weight is 266 g/mol. The number of methoxy groups -OCH3 is 1. The fraction of sp³-hybridized carbons (Fsp3) is 0.786. The topological polar surface area (TPSA) is 42.3 Å². The van der Waals surface area contributed by atoms with E-state index in [1.54, 1.807) is 7.11 Å². The van der Waals surface area contributed by atoms with Crippen LogP contribution in [0.25, 0.3) is 0 Å². The highest BCUT2D eigenvalue weighted by atomic mass is 16.5. The maximum absolute atomic E-state index is 5.09. The van der Waals surface area contributed by atoms with Gasteiger partial charge in [0.15, 0.2) is 0 Å². The van der Waals surface area contributed by atoms with Gasteiger partial charge in [-0.25, -0.2) is 0 Å². The molecule has 1 aromatic rings. The summed E-state index contributed by atoms with van der Waals surface area (Å²) in [5.74, 6) is 0. The van der Waals surface area contributed by atoms with Crippen molar-refractivity contribution in [2.24, 2.45) is 0 Å². The summed E-state index contributed by atoms with van der Waals surface area (Å²) in [6, 6.07) is 0.549. The van der Waals surface area contributed by atoms with Crippen LogP contribution in [0.3, 0.4) is 0 Å². The molecule has 0 bridgehead atoms. The van der Waals surface area contributed by atoms with E-state index in [0.29, 0.717) is 12.6 Å². The van der Waals surface area contributed by atoms with Crippen LogP contribution >= 0.6 is 0 Å². The van der Waals surface area contributed by atoms with Crippen molar-refractivity contribution in [3.05, 3.63) is 12.4 Å². The summed E-state index contributed by atoms with van der Waals surface area (Å²) in [6.07, 6.45) is 5.25. The first-order chi connectivity index (χ1) is 9.05. The molecule has 2 heterocycles. The molecule has 1 aliphatic rings. The number of anilines is 1. The summed E-state index contributed by atoms with van der Waals surface area (Å²) in [6.45, 7) is 10.3. The number of rotatable bonds is 5. The molecular formula is C14H26N4O. The molecule has 0 saturated carbocycles. The van der Waals surface area contributed by atoms with Crippen molar-refractivity contribution in [1.82, 2.24) is 15.1 Å². The van der Waals surface area contributed by atoms with Crippen LogP contribution < -0.4 is 10.2 Å². The van der Waals surface area contributed by atoms with Crippen molar-refractivity contribution >= 4 is 5.69 Å². The highest BCUT2D eigenvalue weighted by molar-refractivity contribution is 5.45. The van der Waals surface area contributed by atoms with Gasteiger partial charge in [-0.05, 0) is 20.3 Å². The molecule has 0 radical (unpaired) electrons. The summed E-state index contributed by atoms with van der Waals surface area (Å²) in [7, 11) is 1.72. The second-order valence-corrected chi connectivity index (χ2v) is 5.91. The molecule has 1 unspecified atom stereocenters. The first-order valence-electron chi connectivity index (χ1n) is 7.09. The Hall–Kier alpha value is -1.07. The van der Waals surface area contributed by atoms with Crippen molar-refractivity contribution in [2.75, 3.05) is 31.7 Å². The van der Waals surface area contributed by atoms with Crippen LogP contribution in [-0.2, 0) is 11.3 Å². The van der Waals surface area contributed by atoms with Crippen molar-refractivity contribution < 1.29 is 4.74 Å². The summed E-state index contributed by atoms with van der Waals surface area (Å²) in [5, 5.41) is 8.03. The van der Waals surface area contributed by atoms with Crippen molar-refractivity contribution in [3.8, 4) is 0 Å². The molecule has 1 atom stereocenters. The van der Waals surface area contributed by atoms with Crippen LogP contribution in [0.4, 0.5) is 5.69 Å². The Morgan fingerprint density at radius 2 is 2.32 bits per heavy atom. The second-order valence-electron chi connectivity index (χ2n) is 5.91. The highest BCUT2D eigenvalue weighted by Crippen LogP contribution is 2.24. The number of nitrogens with one attached hydrogen (secondary N) is 1. The lowest BCUT2D eigenvalue weighted by atomic mass is 9.97. The van der Waals surface area contributed by atoms with Gasteiger partial charge in [0.1, 0.15) is 0 Å². The Balaban J connectivity index is 2.10. The minimum absolute atomic E-state index is 0.153. The molecule has 1 N–H and O–H groups in total. The molecule has 19 heavy (non-hydrogen) atoms. The highest BCUT2D eigenvalue weighted by Gasteiger charge is 2.32. The Bertz CT molecular complexity index is 402. The SMILES string of the molecule is CCC1CNC(C)(C)CN1c1cnn(CCOC)c1. The van der Waals surface area contributed by atoms with Gasteiger partial charge in [0.25, 0.3) is 0 Å². The molecule has 1 fully saturated rings. The van der Waals surface area contributed by atoms with E-state index in [1.807, 2.05) is 10.9 Å². The third kappa shape index (κ3) is 3.48. The van der Waals surface area contributed by atoms with Crippen molar-refractivity contribution in [1.29, 1.82) is 0 Å². The van der Waals surface area contributed by atoms with Gasteiger partial charge in [0.05, 0.1) is 25.0 Å². The van der Waals surface area contributed by atoms with E-state index in [1.165, 1.54) is 5.69 Å². The fourth-order valence-corrected chi connectivity index (χ4v) is 2.59. The molecule has 0 aliphatic carbocycles. The van der Waals surface area contributed by atoms with E-state index in [0.717, 1.165) is 26.1 Å². The van der Waals surface area contributed by atoms with Gasteiger partial charge < -0.3 is 15.0 Å². The van der Waals surface area contributed by atoms with Crippen LogP contribution in [0.5, 0.6) is 0 Å². The lowest BCUT2D eigenvalue weighted by Gasteiger charge is -2.45. The second kappa shape index (κ2) is 5.92. The van der Waals surface area contributed by atoms with Crippen molar-refractivity contribution in [2.45, 2.75) is 45.3 Å². The van der Waals surface area contributed by atoms with Gasteiger partial charge in [0, 0.05) is 38.0 Å². The molecule has 1 aliphatic heterocycles. The number of aromatic nitrogens is 2. The van der Waals surface area contributed by atoms with E-state index in [9.17, 15) is 0 Å². The van der Waals surface area contributed by atoms with Crippen LogP contribution in [0.2, 0.25) is 0 Å². The smallest absolute Gasteiger partial charge is 0.0756 e. The molecule has 2 rings (SSSR count). The summed E-state index contributed by atoms with van der Waals surface area (Å²) >= 11 is 0. The number of piperazine rings is 1. The molecule has 0 amide bonds. The molecule has 0 aromatic carbocycles. The summed E-state index contributed by atoms with van der Waals surface area (Å²) in [4.78, 5) is 2.48. The van der Waals surface area contributed by atoms with Gasteiger partial charge in [-0.1, -0.05) is 6.92 Å². The first kappa shape index (κ1) is 14.3. The minimum atomic E-state index is 0.153. The van der Waals surface area contributed by atoms with Gasteiger partial charge >= 0.3 is 0 Å². The van der Waals surface area contributed by atoms with Crippen LogP contribution in [-0.4, -0.2) is 48.2 Å². The Labute approximate surface area is 115 Å². The van der Waals surface area contributed by atoms with Gasteiger partial charge in [-0.15, -0.1) is 0 Å². The maximum atomic E-state index is 5.09. The van der Waals surface area contributed by atoms with Crippen LogP contribution in [0.1, 0.15) is 27.2 Å². The van der Waals surface area contributed by atoms with Crippen molar-refractivity contribution in [3.63, 3.8) is 0 Å².